The van der Waals surface area contributed by atoms with Crippen LogP contribution in [-0.2, 0) is 12.8 Å². The summed E-state index contributed by atoms with van der Waals surface area (Å²) in [6, 6.07) is 0. The van der Waals surface area contributed by atoms with Crippen molar-refractivity contribution in [2.75, 3.05) is 26.2 Å². The van der Waals surface area contributed by atoms with Crippen molar-refractivity contribution in [2.45, 2.75) is 47.0 Å². The van der Waals surface area contributed by atoms with Crippen LogP contribution in [0.5, 0.6) is 0 Å². The molecule has 1 saturated heterocycles. The van der Waals surface area contributed by atoms with Crippen LogP contribution in [0, 0.1) is 11.8 Å². The van der Waals surface area contributed by atoms with Gasteiger partial charge in [-0.15, -0.1) is 24.0 Å². The van der Waals surface area contributed by atoms with Crippen molar-refractivity contribution in [2.24, 2.45) is 16.8 Å². The van der Waals surface area contributed by atoms with Gasteiger partial charge in [0.25, 0.3) is 0 Å². The van der Waals surface area contributed by atoms with Crippen LogP contribution in [0.1, 0.15) is 45.8 Å². The van der Waals surface area contributed by atoms with E-state index in [0.29, 0.717) is 12.4 Å². The summed E-state index contributed by atoms with van der Waals surface area (Å²) in [4.78, 5) is 11.5. The number of halogens is 1. The van der Waals surface area contributed by atoms with Gasteiger partial charge >= 0.3 is 0 Å². The third-order valence-electron chi connectivity index (χ3n) is 3.91. The predicted molar refractivity (Wildman–Crippen MR) is 103 cm³/mol. The Morgan fingerprint density at radius 1 is 1.30 bits per heavy atom. The highest BCUT2D eigenvalue weighted by Crippen LogP contribution is 2.20. The first kappa shape index (κ1) is 20.2. The van der Waals surface area contributed by atoms with E-state index in [1.54, 1.807) is 0 Å². The van der Waals surface area contributed by atoms with Crippen molar-refractivity contribution in [3.63, 3.8) is 0 Å². The van der Waals surface area contributed by atoms with E-state index in [9.17, 15) is 0 Å². The molecule has 2 unspecified atom stereocenters. The van der Waals surface area contributed by atoms with Crippen molar-refractivity contribution in [3.05, 3.63) is 11.7 Å². The highest BCUT2D eigenvalue weighted by molar-refractivity contribution is 14.0. The molecule has 0 amide bonds. The Kier molecular flexibility index (Phi) is 8.86. The van der Waals surface area contributed by atoms with E-state index in [-0.39, 0.29) is 24.0 Å². The van der Waals surface area contributed by atoms with Gasteiger partial charge in [-0.05, 0) is 25.2 Å². The van der Waals surface area contributed by atoms with E-state index < -0.39 is 0 Å². The van der Waals surface area contributed by atoms with Crippen LogP contribution in [0.3, 0.4) is 0 Å². The number of rotatable bonds is 5. The topological polar surface area (TPSA) is 66.5 Å². The van der Waals surface area contributed by atoms with Crippen molar-refractivity contribution in [1.82, 2.24) is 20.4 Å². The standard InChI is InChI=1S/C16H29N5O.HI/c1-5-15-19-14(20-22-15)7-8-18-16(17-6-2)21-10-12(3)9-13(4)11-21;/h12-13H,5-11H2,1-4H3,(H,17,18);1H. The molecule has 0 aromatic carbocycles. The Morgan fingerprint density at radius 2 is 2.00 bits per heavy atom. The monoisotopic (exact) mass is 435 g/mol. The summed E-state index contributed by atoms with van der Waals surface area (Å²) in [5, 5.41) is 7.38. The van der Waals surface area contributed by atoms with Gasteiger partial charge in [0.05, 0.1) is 0 Å². The number of hydrogen-bond acceptors (Lipinski definition) is 4. The zero-order chi connectivity index (χ0) is 15.9. The number of likely N-dealkylation sites (tertiary alicyclic amines) is 1. The van der Waals surface area contributed by atoms with Crippen molar-refractivity contribution < 1.29 is 4.52 Å². The number of aromatic nitrogens is 2. The Labute approximate surface area is 156 Å². The second kappa shape index (κ2) is 10.1. The Morgan fingerprint density at radius 3 is 2.57 bits per heavy atom. The van der Waals surface area contributed by atoms with Crippen molar-refractivity contribution >= 4 is 29.9 Å². The van der Waals surface area contributed by atoms with Crippen LogP contribution >= 0.6 is 24.0 Å². The second-order valence-corrected chi connectivity index (χ2v) is 6.29. The quantitative estimate of drug-likeness (QED) is 0.438. The first-order valence-electron chi connectivity index (χ1n) is 8.47. The molecule has 23 heavy (non-hydrogen) atoms. The lowest BCUT2D eigenvalue weighted by atomic mass is 9.92. The summed E-state index contributed by atoms with van der Waals surface area (Å²) in [6.07, 6.45) is 2.80. The molecule has 7 heteroatoms. The van der Waals surface area contributed by atoms with Gasteiger partial charge in [-0.2, -0.15) is 4.98 Å². The Hall–Kier alpha value is -0.860. The van der Waals surface area contributed by atoms with Gasteiger partial charge in [0, 0.05) is 39.0 Å². The van der Waals surface area contributed by atoms with E-state index in [1.807, 2.05) is 6.92 Å². The van der Waals surface area contributed by atoms with Crippen LogP contribution in [-0.4, -0.2) is 47.2 Å². The average molecular weight is 435 g/mol. The Bertz CT molecular complexity index is 481. The summed E-state index contributed by atoms with van der Waals surface area (Å²) in [5.41, 5.74) is 0. The van der Waals surface area contributed by atoms with Gasteiger partial charge in [-0.3, -0.25) is 4.99 Å². The highest BCUT2D eigenvalue weighted by atomic mass is 127. The molecule has 0 bridgehead atoms. The number of nitrogens with zero attached hydrogens (tertiary/aromatic N) is 4. The largest absolute Gasteiger partial charge is 0.357 e. The average Bonchev–Trinajstić information content (AvgIpc) is 2.93. The fourth-order valence-corrected chi connectivity index (χ4v) is 3.06. The lowest BCUT2D eigenvalue weighted by molar-refractivity contribution is 0.208. The number of hydrogen-bond donors (Lipinski definition) is 1. The number of nitrogens with one attached hydrogen (secondary N) is 1. The van der Waals surface area contributed by atoms with Gasteiger partial charge in [-0.1, -0.05) is 25.9 Å². The summed E-state index contributed by atoms with van der Waals surface area (Å²) in [6.45, 7) is 12.5. The van der Waals surface area contributed by atoms with Crippen LogP contribution in [0.15, 0.2) is 9.52 Å². The molecule has 0 spiro atoms. The van der Waals surface area contributed by atoms with Crippen molar-refractivity contribution in [1.29, 1.82) is 0 Å². The molecule has 1 aromatic rings. The first-order chi connectivity index (χ1) is 10.6. The highest BCUT2D eigenvalue weighted by Gasteiger charge is 2.23. The molecule has 1 aromatic heterocycles. The Balaban J connectivity index is 0.00000264. The molecule has 2 atom stereocenters. The molecule has 1 aliphatic rings. The molecular formula is C16H30IN5O. The van der Waals surface area contributed by atoms with Gasteiger partial charge in [-0.25, -0.2) is 0 Å². The molecule has 0 aliphatic carbocycles. The number of guanidine groups is 1. The molecule has 0 saturated carbocycles. The number of aryl methyl sites for hydroxylation is 1. The van der Waals surface area contributed by atoms with Crippen molar-refractivity contribution in [3.8, 4) is 0 Å². The summed E-state index contributed by atoms with van der Waals surface area (Å²) >= 11 is 0. The molecular weight excluding hydrogens is 405 g/mol. The third kappa shape index (κ3) is 6.27. The van der Waals surface area contributed by atoms with Gasteiger partial charge < -0.3 is 14.7 Å². The molecule has 2 rings (SSSR count). The fourth-order valence-electron chi connectivity index (χ4n) is 3.06. The normalized spacial score (nSPS) is 21.9. The lowest BCUT2D eigenvalue weighted by Crippen LogP contribution is -2.48. The zero-order valence-corrected chi connectivity index (χ0v) is 17.0. The summed E-state index contributed by atoms with van der Waals surface area (Å²) < 4.78 is 5.13. The van der Waals surface area contributed by atoms with Gasteiger partial charge in [0.1, 0.15) is 0 Å². The second-order valence-electron chi connectivity index (χ2n) is 6.29. The van der Waals surface area contributed by atoms with E-state index in [4.69, 9.17) is 9.52 Å². The van der Waals surface area contributed by atoms with E-state index >= 15 is 0 Å². The minimum Gasteiger partial charge on any atom is -0.357 e. The van der Waals surface area contributed by atoms with Gasteiger partial charge in [0.2, 0.25) is 5.89 Å². The molecule has 1 aliphatic heterocycles. The van der Waals surface area contributed by atoms with Crippen LogP contribution in [0.2, 0.25) is 0 Å². The lowest BCUT2D eigenvalue weighted by Gasteiger charge is -2.37. The molecule has 1 N–H and O–H groups in total. The van der Waals surface area contributed by atoms with Crippen LogP contribution in [0.4, 0.5) is 0 Å². The number of piperidine rings is 1. The van der Waals surface area contributed by atoms with Crippen LogP contribution < -0.4 is 5.32 Å². The minimum absolute atomic E-state index is 0. The third-order valence-corrected chi connectivity index (χ3v) is 3.91. The minimum atomic E-state index is 0. The smallest absolute Gasteiger partial charge is 0.226 e. The summed E-state index contributed by atoms with van der Waals surface area (Å²) in [5.74, 6) is 3.90. The molecule has 1 fully saturated rings. The maximum Gasteiger partial charge on any atom is 0.226 e. The van der Waals surface area contributed by atoms with Crippen LogP contribution in [0.25, 0.3) is 0 Å². The molecule has 132 valence electrons. The summed E-state index contributed by atoms with van der Waals surface area (Å²) in [7, 11) is 0. The maximum atomic E-state index is 5.13. The number of aliphatic imine (C=N–C) groups is 1. The van der Waals surface area contributed by atoms with Gasteiger partial charge in [0.15, 0.2) is 11.8 Å². The predicted octanol–water partition coefficient (Wildman–Crippen LogP) is 2.74. The molecule has 6 nitrogen and oxygen atoms in total. The SMILES string of the molecule is CCNC(=NCCc1noc(CC)n1)N1CC(C)CC(C)C1.I. The van der Waals surface area contributed by atoms with E-state index in [1.165, 1.54) is 6.42 Å². The fraction of sp³-hybridized carbons (Fsp3) is 0.812. The first-order valence-corrected chi connectivity index (χ1v) is 8.47. The van der Waals surface area contributed by atoms with E-state index in [2.05, 4.69) is 41.1 Å². The molecule has 0 radical (unpaired) electrons. The molecule has 2 heterocycles. The maximum absolute atomic E-state index is 5.13. The van der Waals surface area contributed by atoms with E-state index in [0.717, 1.165) is 56.1 Å². The zero-order valence-electron chi connectivity index (χ0n) is 14.7.